The van der Waals surface area contributed by atoms with Crippen LogP contribution in [0.15, 0.2) is 22.1 Å². The molecule has 7 nitrogen and oxygen atoms in total. The summed E-state index contributed by atoms with van der Waals surface area (Å²) in [5.74, 6) is -0.558. The summed E-state index contributed by atoms with van der Waals surface area (Å²) < 4.78 is 0.745. The maximum absolute atomic E-state index is 12.0. The van der Waals surface area contributed by atoms with Gasteiger partial charge in [-0.1, -0.05) is 22.9 Å². The average molecular weight is 378 g/mol. The van der Waals surface area contributed by atoms with Gasteiger partial charge in [-0.3, -0.25) is 20.2 Å². The Morgan fingerprint density at radius 3 is 2.80 bits per heavy atom. The molecule has 3 N–H and O–H groups in total. The summed E-state index contributed by atoms with van der Waals surface area (Å²) in [4.78, 5) is 26.0. The molecule has 0 aliphatic carbocycles. The molecule has 0 spiro atoms. The maximum atomic E-state index is 12.0. The summed E-state index contributed by atoms with van der Waals surface area (Å²) in [7, 11) is 0. The molecular formula is C10H6BrClN4O3S. The lowest BCUT2D eigenvalue weighted by atomic mass is 10.1. The molecule has 2 rings (SSSR count). The largest absolute Gasteiger partial charge is 0.392 e. The minimum Gasteiger partial charge on any atom is -0.392 e. The minimum atomic E-state index is -0.696. The average Bonchev–Trinajstić information content (AvgIpc) is 2.77. The van der Waals surface area contributed by atoms with E-state index in [4.69, 9.17) is 17.3 Å². The molecule has 1 aromatic carbocycles. The summed E-state index contributed by atoms with van der Waals surface area (Å²) in [5, 5.41) is 13.6. The fraction of sp³-hybridized carbons (Fsp3) is 0. The highest BCUT2D eigenvalue weighted by molar-refractivity contribution is 9.11. The Hall–Kier alpha value is -1.71. The van der Waals surface area contributed by atoms with Crippen LogP contribution in [0.2, 0.25) is 5.02 Å². The van der Waals surface area contributed by atoms with E-state index in [1.807, 2.05) is 0 Å². The molecular weight excluding hydrogens is 372 g/mol. The monoisotopic (exact) mass is 376 g/mol. The number of hydrogen-bond donors (Lipinski definition) is 2. The fourth-order valence-electron chi connectivity index (χ4n) is 1.37. The van der Waals surface area contributed by atoms with Gasteiger partial charge in [0.25, 0.3) is 11.6 Å². The number of benzene rings is 1. The maximum Gasteiger partial charge on any atom is 0.294 e. The Balaban J connectivity index is 2.32. The number of nitrogens with two attached hydrogens (primary N) is 1. The number of nitro benzene ring substituents is 1. The Morgan fingerprint density at radius 2 is 2.25 bits per heavy atom. The van der Waals surface area contributed by atoms with Crippen LogP contribution in [0, 0.1) is 10.1 Å². The predicted molar refractivity (Wildman–Crippen MR) is 80.3 cm³/mol. The normalized spacial score (nSPS) is 10.3. The number of carbonyl (C=O) groups excluding carboxylic acids is 1. The summed E-state index contributed by atoms with van der Waals surface area (Å²) in [5.41, 5.74) is 4.93. The smallest absolute Gasteiger partial charge is 0.294 e. The Morgan fingerprint density at radius 1 is 1.55 bits per heavy atom. The van der Waals surface area contributed by atoms with Crippen molar-refractivity contribution in [2.45, 2.75) is 0 Å². The highest BCUT2D eigenvalue weighted by atomic mass is 79.9. The van der Waals surface area contributed by atoms with Crippen molar-refractivity contribution in [1.29, 1.82) is 0 Å². The van der Waals surface area contributed by atoms with Crippen LogP contribution in [0.5, 0.6) is 0 Å². The van der Waals surface area contributed by atoms with Gasteiger partial charge in [0.05, 0.1) is 19.9 Å². The number of carbonyl (C=O) groups is 1. The quantitative estimate of drug-likeness (QED) is 0.484. The number of nitro groups is 1. The second-order valence-corrected chi connectivity index (χ2v) is 6.39. The number of rotatable bonds is 3. The van der Waals surface area contributed by atoms with Crippen molar-refractivity contribution in [2.24, 2.45) is 0 Å². The van der Waals surface area contributed by atoms with E-state index in [-0.39, 0.29) is 16.3 Å². The summed E-state index contributed by atoms with van der Waals surface area (Å²) in [6.45, 7) is 0. The van der Waals surface area contributed by atoms with Crippen LogP contribution in [0.3, 0.4) is 0 Å². The molecule has 0 radical (unpaired) electrons. The number of halogens is 2. The van der Waals surface area contributed by atoms with Crippen LogP contribution in [-0.2, 0) is 0 Å². The van der Waals surface area contributed by atoms with Gasteiger partial charge in [-0.25, -0.2) is 4.98 Å². The zero-order valence-corrected chi connectivity index (χ0v) is 12.8. The molecule has 20 heavy (non-hydrogen) atoms. The van der Waals surface area contributed by atoms with E-state index in [0.717, 1.165) is 9.85 Å². The molecule has 0 unspecified atom stereocenters. The van der Waals surface area contributed by atoms with Crippen molar-refractivity contribution in [1.82, 2.24) is 4.98 Å². The van der Waals surface area contributed by atoms with Gasteiger partial charge < -0.3 is 5.73 Å². The van der Waals surface area contributed by atoms with E-state index in [0.29, 0.717) is 5.13 Å². The third-order valence-electron chi connectivity index (χ3n) is 2.26. The van der Waals surface area contributed by atoms with Crippen molar-refractivity contribution >= 4 is 61.3 Å². The first kappa shape index (κ1) is 14.7. The second-order valence-electron chi connectivity index (χ2n) is 3.57. The number of nitrogens with one attached hydrogen (secondary N) is 1. The molecule has 0 fully saturated rings. The van der Waals surface area contributed by atoms with E-state index in [1.165, 1.54) is 23.6 Å². The molecule has 0 bridgehead atoms. The zero-order chi connectivity index (χ0) is 14.9. The molecule has 0 aliphatic rings. The topological polar surface area (TPSA) is 111 Å². The van der Waals surface area contributed by atoms with Gasteiger partial charge in [0.1, 0.15) is 5.69 Å². The van der Waals surface area contributed by atoms with E-state index < -0.39 is 16.5 Å². The van der Waals surface area contributed by atoms with Gasteiger partial charge in [0.15, 0.2) is 5.13 Å². The third-order valence-corrected chi connectivity index (χ3v) is 3.97. The molecule has 0 aliphatic heterocycles. The van der Waals surface area contributed by atoms with E-state index >= 15 is 0 Å². The van der Waals surface area contributed by atoms with Crippen LogP contribution in [-0.4, -0.2) is 15.8 Å². The van der Waals surface area contributed by atoms with Gasteiger partial charge in [-0.05, 0) is 22.0 Å². The lowest BCUT2D eigenvalue weighted by Crippen LogP contribution is -2.12. The summed E-state index contributed by atoms with van der Waals surface area (Å²) in [6, 6.07) is 2.33. The van der Waals surface area contributed by atoms with Crippen molar-refractivity contribution in [2.75, 3.05) is 11.1 Å². The first-order valence-corrected chi connectivity index (χ1v) is 7.03. The summed E-state index contributed by atoms with van der Waals surface area (Å²) in [6.07, 6.45) is 1.53. The number of thiazole rings is 1. The van der Waals surface area contributed by atoms with Gasteiger partial charge in [-0.15, -0.1) is 0 Å². The molecule has 0 atom stereocenters. The Kier molecular flexibility index (Phi) is 4.21. The van der Waals surface area contributed by atoms with Gasteiger partial charge in [0, 0.05) is 11.6 Å². The zero-order valence-electron chi connectivity index (χ0n) is 9.59. The predicted octanol–water partition coefficient (Wildman–Crippen LogP) is 3.30. The molecule has 2 aromatic rings. The molecule has 0 saturated heterocycles. The van der Waals surface area contributed by atoms with E-state index in [9.17, 15) is 14.9 Å². The number of anilines is 2. The van der Waals surface area contributed by atoms with E-state index in [2.05, 4.69) is 26.2 Å². The highest BCUT2D eigenvalue weighted by Crippen LogP contribution is 2.31. The van der Waals surface area contributed by atoms with Crippen molar-refractivity contribution < 1.29 is 9.72 Å². The number of nitrogens with zero attached hydrogens (tertiary/aromatic N) is 2. The second kappa shape index (κ2) is 5.73. The van der Waals surface area contributed by atoms with E-state index in [1.54, 1.807) is 0 Å². The number of amides is 1. The third kappa shape index (κ3) is 3.06. The lowest BCUT2D eigenvalue weighted by molar-refractivity contribution is -0.383. The number of hydrogen-bond acceptors (Lipinski definition) is 6. The van der Waals surface area contributed by atoms with Crippen LogP contribution in [0.4, 0.5) is 16.5 Å². The van der Waals surface area contributed by atoms with Gasteiger partial charge in [0.2, 0.25) is 0 Å². The van der Waals surface area contributed by atoms with Crippen LogP contribution < -0.4 is 11.1 Å². The Labute approximate surface area is 130 Å². The van der Waals surface area contributed by atoms with Crippen molar-refractivity contribution in [3.63, 3.8) is 0 Å². The van der Waals surface area contributed by atoms with Crippen LogP contribution in [0.1, 0.15) is 10.4 Å². The molecule has 1 aromatic heterocycles. The van der Waals surface area contributed by atoms with Crippen LogP contribution in [0.25, 0.3) is 0 Å². The standard InChI is InChI=1S/C10H6BrClN4O3S/c11-7-3-14-10(20-7)15-9(17)4-1-5(12)8(13)6(2-4)16(18)19/h1-3H,13H2,(H,14,15,17). The minimum absolute atomic E-state index is 0.0298. The van der Waals surface area contributed by atoms with Gasteiger partial charge in [-0.2, -0.15) is 0 Å². The molecule has 104 valence electrons. The summed E-state index contributed by atoms with van der Waals surface area (Å²) >= 11 is 10.2. The molecule has 0 saturated carbocycles. The highest BCUT2D eigenvalue weighted by Gasteiger charge is 2.20. The lowest BCUT2D eigenvalue weighted by Gasteiger charge is -2.05. The van der Waals surface area contributed by atoms with Crippen molar-refractivity contribution in [3.8, 4) is 0 Å². The number of aromatic nitrogens is 1. The van der Waals surface area contributed by atoms with Crippen molar-refractivity contribution in [3.05, 3.63) is 42.8 Å². The number of nitrogen functional groups attached to an aromatic ring is 1. The first-order chi connectivity index (χ1) is 9.38. The van der Waals surface area contributed by atoms with Crippen LogP contribution >= 0.6 is 38.9 Å². The SMILES string of the molecule is Nc1c(Cl)cc(C(=O)Nc2ncc(Br)s2)cc1[N+](=O)[O-]. The first-order valence-electron chi connectivity index (χ1n) is 5.04. The fourth-order valence-corrected chi connectivity index (χ4v) is 2.68. The molecule has 1 amide bonds. The molecule has 1 heterocycles. The Bertz CT molecular complexity index is 706. The van der Waals surface area contributed by atoms with Gasteiger partial charge >= 0.3 is 0 Å². The molecule has 10 heteroatoms.